The van der Waals surface area contributed by atoms with Crippen molar-refractivity contribution in [3.63, 3.8) is 0 Å². The second-order valence-electron chi connectivity index (χ2n) is 6.52. The number of hydrogen-bond donors (Lipinski definition) is 2. The highest BCUT2D eigenvalue weighted by Crippen LogP contribution is 2.30. The van der Waals surface area contributed by atoms with Crippen molar-refractivity contribution in [2.24, 2.45) is 5.73 Å². The minimum absolute atomic E-state index is 0. The fraction of sp³-hybridized carbons (Fsp3) is 0.421. The fourth-order valence-electron chi connectivity index (χ4n) is 3.28. The first-order chi connectivity index (χ1) is 13.1. The summed E-state index contributed by atoms with van der Waals surface area (Å²) in [5, 5.41) is 1.94. The van der Waals surface area contributed by atoms with E-state index in [9.17, 15) is 14.4 Å². The van der Waals surface area contributed by atoms with Crippen LogP contribution in [0.4, 0.5) is 10.5 Å². The van der Waals surface area contributed by atoms with Crippen LogP contribution < -0.4 is 16.0 Å². The van der Waals surface area contributed by atoms with E-state index in [-0.39, 0.29) is 29.5 Å². The van der Waals surface area contributed by atoms with Gasteiger partial charge in [-0.15, -0.1) is 12.4 Å². The van der Waals surface area contributed by atoms with Crippen LogP contribution in [0.5, 0.6) is 0 Å². The number of amides is 3. The van der Waals surface area contributed by atoms with E-state index in [1.54, 1.807) is 6.08 Å². The maximum absolute atomic E-state index is 12.3. The highest BCUT2D eigenvalue weighted by molar-refractivity contribution is 8.18. The van der Waals surface area contributed by atoms with Gasteiger partial charge in [0.25, 0.3) is 11.1 Å². The van der Waals surface area contributed by atoms with Crippen LogP contribution in [0.15, 0.2) is 29.2 Å². The number of nitrogens with zero attached hydrogens (tertiary/aromatic N) is 2. The molecule has 2 heterocycles. The molecule has 1 aromatic rings. The lowest BCUT2D eigenvalue weighted by Gasteiger charge is -2.25. The summed E-state index contributed by atoms with van der Waals surface area (Å²) in [5.74, 6) is -0.192. The number of rotatable bonds is 5. The summed E-state index contributed by atoms with van der Waals surface area (Å²) in [6.45, 7) is 3.51. The molecule has 0 bridgehead atoms. The highest BCUT2D eigenvalue weighted by atomic mass is 35.5. The van der Waals surface area contributed by atoms with Crippen LogP contribution in [-0.4, -0.2) is 54.7 Å². The smallest absolute Gasteiger partial charge is 0.290 e. The number of benzene rings is 1. The van der Waals surface area contributed by atoms with E-state index in [0.29, 0.717) is 30.8 Å². The Balaban J connectivity index is 0.00000280. The first-order valence-electron chi connectivity index (χ1n) is 9.15. The molecular weight excluding hydrogens is 400 g/mol. The van der Waals surface area contributed by atoms with Gasteiger partial charge in [-0.25, -0.2) is 0 Å². The standard InChI is InChI=1S/C19H24N4O3S.ClH/c20-8-3-7-17(24)23-10-4-9-22(11-12-23)15-6-2-1-5-14(15)13-16-18(25)21-19(26)27-16;/h1-2,5-6,13H,3-4,7-12,20H2,(H,21,25,26);1H/b16-13-;. The zero-order valence-corrected chi connectivity index (χ0v) is 17.2. The third kappa shape index (κ3) is 5.50. The van der Waals surface area contributed by atoms with Gasteiger partial charge >= 0.3 is 0 Å². The molecule has 2 saturated heterocycles. The van der Waals surface area contributed by atoms with Gasteiger partial charge in [0.2, 0.25) is 5.91 Å². The van der Waals surface area contributed by atoms with Crippen LogP contribution in [0, 0.1) is 0 Å². The number of hydrogen-bond acceptors (Lipinski definition) is 6. The lowest BCUT2D eigenvalue weighted by atomic mass is 10.1. The molecule has 0 atom stereocenters. The molecule has 7 nitrogen and oxygen atoms in total. The van der Waals surface area contributed by atoms with Crippen LogP contribution in [0.2, 0.25) is 0 Å². The summed E-state index contributed by atoms with van der Waals surface area (Å²) in [4.78, 5) is 40.1. The van der Waals surface area contributed by atoms with E-state index in [2.05, 4.69) is 10.2 Å². The number of nitrogens with two attached hydrogens (primary N) is 1. The monoisotopic (exact) mass is 424 g/mol. The predicted octanol–water partition coefficient (Wildman–Crippen LogP) is 2.21. The van der Waals surface area contributed by atoms with Gasteiger partial charge in [0, 0.05) is 38.3 Å². The molecule has 0 aromatic heterocycles. The van der Waals surface area contributed by atoms with E-state index >= 15 is 0 Å². The number of carbonyl (C=O) groups excluding carboxylic acids is 3. The summed E-state index contributed by atoms with van der Waals surface area (Å²) < 4.78 is 0. The van der Waals surface area contributed by atoms with E-state index < -0.39 is 0 Å². The van der Waals surface area contributed by atoms with E-state index in [1.165, 1.54) is 0 Å². The van der Waals surface area contributed by atoms with Gasteiger partial charge in [0.15, 0.2) is 0 Å². The number of carbonyl (C=O) groups is 3. The summed E-state index contributed by atoms with van der Waals surface area (Å²) >= 11 is 0.920. The number of halogens is 1. The Labute approximate surface area is 175 Å². The molecule has 152 valence electrons. The molecule has 3 rings (SSSR count). The third-order valence-electron chi connectivity index (χ3n) is 4.65. The minimum Gasteiger partial charge on any atom is -0.369 e. The average Bonchev–Trinajstić information content (AvgIpc) is 2.86. The molecule has 2 aliphatic rings. The van der Waals surface area contributed by atoms with Crippen molar-refractivity contribution in [1.82, 2.24) is 10.2 Å². The second kappa shape index (κ2) is 10.5. The zero-order chi connectivity index (χ0) is 19.2. The Kier molecular flexibility index (Phi) is 8.35. The van der Waals surface area contributed by atoms with Gasteiger partial charge in [-0.2, -0.15) is 0 Å². The Bertz CT molecular complexity index is 771. The van der Waals surface area contributed by atoms with Crippen molar-refractivity contribution in [2.75, 3.05) is 37.6 Å². The molecule has 1 aromatic carbocycles. The molecule has 3 N–H and O–H groups in total. The predicted molar refractivity (Wildman–Crippen MR) is 114 cm³/mol. The van der Waals surface area contributed by atoms with Crippen LogP contribution in [-0.2, 0) is 9.59 Å². The van der Waals surface area contributed by atoms with Crippen molar-refractivity contribution >= 4 is 53.0 Å². The Morgan fingerprint density at radius 3 is 2.68 bits per heavy atom. The zero-order valence-electron chi connectivity index (χ0n) is 15.6. The first kappa shape index (κ1) is 22.3. The van der Waals surface area contributed by atoms with Gasteiger partial charge in [0.1, 0.15) is 0 Å². The molecule has 0 radical (unpaired) electrons. The summed E-state index contributed by atoms with van der Waals surface area (Å²) in [7, 11) is 0. The third-order valence-corrected chi connectivity index (χ3v) is 5.46. The Morgan fingerprint density at radius 1 is 1.18 bits per heavy atom. The number of thioether (sulfide) groups is 1. The second-order valence-corrected chi connectivity index (χ2v) is 7.54. The van der Waals surface area contributed by atoms with Crippen molar-refractivity contribution in [1.29, 1.82) is 0 Å². The molecule has 2 aliphatic heterocycles. The number of imide groups is 1. The lowest BCUT2D eigenvalue weighted by Crippen LogP contribution is -2.35. The van der Waals surface area contributed by atoms with Crippen LogP contribution in [0.3, 0.4) is 0 Å². The van der Waals surface area contributed by atoms with Gasteiger partial charge in [0.05, 0.1) is 4.91 Å². The summed E-state index contributed by atoms with van der Waals surface area (Å²) in [5.41, 5.74) is 7.41. The maximum Gasteiger partial charge on any atom is 0.290 e. The van der Waals surface area contributed by atoms with Gasteiger partial charge in [-0.1, -0.05) is 18.2 Å². The molecule has 0 unspecified atom stereocenters. The topological polar surface area (TPSA) is 95.7 Å². The molecule has 0 spiro atoms. The SMILES string of the molecule is Cl.NCCCC(=O)N1CCCN(c2ccccc2/C=C2\SC(=O)NC2=O)CC1. The van der Waals surface area contributed by atoms with Gasteiger partial charge < -0.3 is 15.5 Å². The van der Waals surface area contributed by atoms with E-state index in [1.807, 2.05) is 29.2 Å². The largest absolute Gasteiger partial charge is 0.369 e. The van der Waals surface area contributed by atoms with Crippen LogP contribution in [0.25, 0.3) is 6.08 Å². The highest BCUT2D eigenvalue weighted by Gasteiger charge is 2.26. The number of anilines is 1. The fourth-order valence-corrected chi connectivity index (χ4v) is 3.95. The minimum atomic E-state index is -0.354. The molecule has 2 fully saturated rings. The molecule has 3 amide bonds. The van der Waals surface area contributed by atoms with Crippen molar-refractivity contribution in [2.45, 2.75) is 19.3 Å². The summed E-state index contributed by atoms with van der Waals surface area (Å²) in [6, 6.07) is 7.82. The normalized spacial score (nSPS) is 18.7. The summed E-state index contributed by atoms with van der Waals surface area (Å²) in [6.07, 6.45) is 3.86. The molecule has 0 saturated carbocycles. The molecular formula is C19H25ClN4O3S. The van der Waals surface area contributed by atoms with Crippen molar-refractivity contribution < 1.29 is 14.4 Å². The first-order valence-corrected chi connectivity index (χ1v) is 9.97. The van der Waals surface area contributed by atoms with Crippen LogP contribution >= 0.6 is 24.2 Å². The van der Waals surface area contributed by atoms with Gasteiger partial charge in [-0.05, 0) is 48.9 Å². The van der Waals surface area contributed by atoms with E-state index in [4.69, 9.17) is 5.73 Å². The number of nitrogens with one attached hydrogen (secondary N) is 1. The maximum atomic E-state index is 12.3. The van der Waals surface area contributed by atoms with Crippen LogP contribution in [0.1, 0.15) is 24.8 Å². The Hall–Kier alpha value is -2.03. The van der Waals surface area contributed by atoms with Gasteiger partial charge in [-0.3, -0.25) is 19.7 Å². The van der Waals surface area contributed by atoms with Crippen molar-refractivity contribution in [3.8, 4) is 0 Å². The molecule has 9 heteroatoms. The molecule has 28 heavy (non-hydrogen) atoms. The molecule has 0 aliphatic carbocycles. The average molecular weight is 425 g/mol. The van der Waals surface area contributed by atoms with E-state index in [0.717, 1.165) is 49.1 Å². The number of para-hydroxylation sites is 1. The quantitative estimate of drug-likeness (QED) is 0.703. The Morgan fingerprint density at radius 2 is 1.96 bits per heavy atom. The lowest BCUT2D eigenvalue weighted by molar-refractivity contribution is -0.131. The van der Waals surface area contributed by atoms with Crippen molar-refractivity contribution in [3.05, 3.63) is 34.7 Å².